The van der Waals surface area contributed by atoms with Gasteiger partial charge in [-0.1, -0.05) is 6.07 Å². The second-order valence-corrected chi connectivity index (χ2v) is 7.08. The van der Waals surface area contributed by atoms with Gasteiger partial charge < -0.3 is 15.0 Å². The number of nitrogens with one attached hydrogen (secondary N) is 1. The molecule has 0 spiro atoms. The molecule has 0 unspecified atom stereocenters. The first kappa shape index (κ1) is 16.5. The van der Waals surface area contributed by atoms with E-state index in [1.807, 2.05) is 39.0 Å². The van der Waals surface area contributed by atoms with Crippen LogP contribution >= 0.6 is 0 Å². The van der Waals surface area contributed by atoms with Gasteiger partial charge in [0.1, 0.15) is 11.4 Å². The number of halogens is 1. The van der Waals surface area contributed by atoms with Gasteiger partial charge in [-0.15, -0.1) is 0 Å². The van der Waals surface area contributed by atoms with Gasteiger partial charge in [-0.2, -0.15) is 0 Å². The Morgan fingerprint density at radius 2 is 2.21 bits per heavy atom. The van der Waals surface area contributed by atoms with E-state index in [0.717, 1.165) is 23.0 Å². The van der Waals surface area contributed by atoms with E-state index in [1.165, 1.54) is 12.3 Å². The van der Waals surface area contributed by atoms with Crippen molar-refractivity contribution in [2.75, 3.05) is 18.4 Å². The fourth-order valence-electron chi connectivity index (χ4n) is 2.84. The Labute approximate surface area is 140 Å². The molecule has 1 aliphatic rings. The quantitative estimate of drug-likeness (QED) is 0.909. The molecule has 0 aliphatic carbocycles. The zero-order chi connectivity index (χ0) is 17.3. The first-order chi connectivity index (χ1) is 11.3. The Kier molecular flexibility index (Phi) is 4.30. The first-order valence-corrected chi connectivity index (χ1v) is 8.10. The van der Waals surface area contributed by atoms with E-state index in [9.17, 15) is 9.18 Å². The lowest BCUT2D eigenvalue weighted by Gasteiger charge is -2.24. The maximum absolute atomic E-state index is 13.5. The molecule has 1 N–H and O–H groups in total. The zero-order valence-corrected chi connectivity index (χ0v) is 14.2. The summed E-state index contributed by atoms with van der Waals surface area (Å²) >= 11 is 0. The summed E-state index contributed by atoms with van der Waals surface area (Å²) in [4.78, 5) is 17.9. The van der Waals surface area contributed by atoms with E-state index in [0.29, 0.717) is 13.1 Å². The van der Waals surface area contributed by atoms with E-state index < -0.39 is 5.60 Å². The molecule has 1 aromatic carbocycles. The summed E-state index contributed by atoms with van der Waals surface area (Å²) in [6.45, 7) is 6.77. The van der Waals surface area contributed by atoms with E-state index >= 15 is 0 Å². The maximum atomic E-state index is 13.5. The number of hydrogen-bond acceptors (Lipinski definition) is 4. The molecule has 5 nitrogen and oxygen atoms in total. The normalized spacial score (nSPS) is 18.0. The average Bonchev–Trinajstić information content (AvgIpc) is 2.95. The van der Waals surface area contributed by atoms with Crippen LogP contribution in [-0.2, 0) is 4.74 Å². The number of benzene rings is 1. The highest BCUT2D eigenvalue weighted by molar-refractivity contribution is 5.91. The number of fused-ring (bicyclic) bond motifs is 1. The molecule has 3 rings (SSSR count). The maximum Gasteiger partial charge on any atom is 0.410 e. The monoisotopic (exact) mass is 331 g/mol. The van der Waals surface area contributed by atoms with Gasteiger partial charge in [-0.25, -0.2) is 9.18 Å². The van der Waals surface area contributed by atoms with Crippen molar-refractivity contribution >= 4 is 22.7 Å². The van der Waals surface area contributed by atoms with Gasteiger partial charge in [0.25, 0.3) is 0 Å². The van der Waals surface area contributed by atoms with Crippen LogP contribution in [0.5, 0.6) is 0 Å². The summed E-state index contributed by atoms with van der Waals surface area (Å²) in [6, 6.07) is 7.22. The van der Waals surface area contributed by atoms with Gasteiger partial charge in [-0.05, 0) is 45.4 Å². The van der Waals surface area contributed by atoms with Crippen molar-refractivity contribution in [2.24, 2.45) is 0 Å². The predicted octanol–water partition coefficient (Wildman–Crippen LogP) is 3.80. The molecule has 24 heavy (non-hydrogen) atoms. The number of nitrogens with zero attached hydrogens (tertiary/aromatic N) is 2. The fraction of sp³-hybridized carbons (Fsp3) is 0.444. The van der Waals surface area contributed by atoms with Crippen LogP contribution in [-0.4, -0.2) is 40.7 Å². The molecular formula is C18H22FN3O2. The third kappa shape index (κ3) is 3.75. The number of anilines is 1. The van der Waals surface area contributed by atoms with Crippen LogP contribution in [0.3, 0.4) is 0 Å². The van der Waals surface area contributed by atoms with Gasteiger partial charge in [-0.3, -0.25) is 4.98 Å². The lowest BCUT2D eigenvalue weighted by atomic mass is 10.1. The smallest absolute Gasteiger partial charge is 0.410 e. The molecule has 128 valence electrons. The molecule has 1 saturated heterocycles. The van der Waals surface area contributed by atoms with Crippen LogP contribution in [0, 0.1) is 5.82 Å². The summed E-state index contributed by atoms with van der Waals surface area (Å²) in [7, 11) is 0. The molecule has 0 saturated carbocycles. The van der Waals surface area contributed by atoms with Crippen LogP contribution in [0.2, 0.25) is 0 Å². The molecule has 0 radical (unpaired) electrons. The van der Waals surface area contributed by atoms with Crippen molar-refractivity contribution in [3.8, 4) is 0 Å². The Morgan fingerprint density at radius 1 is 1.42 bits per heavy atom. The molecule has 1 amide bonds. The number of aromatic nitrogens is 1. The number of hydrogen-bond donors (Lipinski definition) is 1. The second kappa shape index (κ2) is 6.26. The first-order valence-electron chi connectivity index (χ1n) is 8.10. The van der Waals surface area contributed by atoms with E-state index in [1.54, 1.807) is 4.90 Å². The molecular weight excluding hydrogens is 309 g/mol. The Morgan fingerprint density at radius 3 is 2.96 bits per heavy atom. The highest BCUT2D eigenvalue weighted by atomic mass is 19.1. The zero-order valence-electron chi connectivity index (χ0n) is 14.2. The Bertz CT molecular complexity index is 758. The molecule has 0 bridgehead atoms. The van der Waals surface area contributed by atoms with E-state index in [2.05, 4.69) is 10.3 Å². The standard InChI is InChI=1S/C18H22FN3O2/c1-18(2,3)24-17(23)22-8-7-13(11-22)21-16-6-4-5-15-14(16)9-12(19)10-20-15/h4-6,9-10,13,21H,7-8,11H2,1-3H3/t13-/m0/s1. The number of carbonyl (C=O) groups is 1. The largest absolute Gasteiger partial charge is 0.444 e. The number of carbonyl (C=O) groups excluding carboxylic acids is 1. The van der Waals surface area contributed by atoms with Crippen LogP contribution in [0.4, 0.5) is 14.9 Å². The van der Waals surface area contributed by atoms with Crippen molar-refractivity contribution < 1.29 is 13.9 Å². The Hall–Kier alpha value is -2.37. The van der Waals surface area contributed by atoms with Crippen molar-refractivity contribution in [2.45, 2.75) is 38.8 Å². The van der Waals surface area contributed by atoms with Gasteiger partial charge >= 0.3 is 6.09 Å². The highest BCUT2D eigenvalue weighted by Gasteiger charge is 2.29. The van der Waals surface area contributed by atoms with Crippen LogP contribution in [0.25, 0.3) is 10.9 Å². The van der Waals surface area contributed by atoms with E-state index in [-0.39, 0.29) is 18.0 Å². The summed E-state index contributed by atoms with van der Waals surface area (Å²) in [6.07, 6.45) is 1.74. The average molecular weight is 331 g/mol. The topological polar surface area (TPSA) is 54.5 Å². The number of amides is 1. The van der Waals surface area contributed by atoms with E-state index in [4.69, 9.17) is 4.74 Å². The van der Waals surface area contributed by atoms with Crippen molar-refractivity contribution in [1.29, 1.82) is 0 Å². The minimum absolute atomic E-state index is 0.103. The lowest BCUT2D eigenvalue weighted by Crippen LogP contribution is -2.36. The number of ether oxygens (including phenoxy) is 1. The minimum atomic E-state index is -0.499. The van der Waals surface area contributed by atoms with Gasteiger partial charge in [0.05, 0.1) is 11.7 Å². The van der Waals surface area contributed by atoms with Crippen LogP contribution in [0.15, 0.2) is 30.5 Å². The summed E-state index contributed by atoms with van der Waals surface area (Å²) in [5.74, 6) is -0.362. The van der Waals surface area contributed by atoms with Gasteiger partial charge in [0.2, 0.25) is 0 Å². The summed E-state index contributed by atoms with van der Waals surface area (Å²) in [5.41, 5.74) is 1.07. The fourth-order valence-corrected chi connectivity index (χ4v) is 2.84. The Balaban J connectivity index is 1.70. The second-order valence-electron chi connectivity index (χ2n) is 7.08. The van der Waals surface area contributed by atoms with Crippen molar-refractivity contribution in [3.63, 3.8) is 0 Å². The van der Waals surface area contributed by atoms with Gasteiger partial charge in [0, 0.05) is 30.2 Å². The number of pyridine rings is 1. The van der Waals surface area contributed by atoms with Gasteiger partial charge in [0.15, 0.2) is 0 Å². The summed E-state index contributed by atoms with van der Waals surface area (Å²) in [5, 5.41) is 4.15. The minimum Gasteiger partial charge on any atom is -0.444 e. The molecule has 1 atom stereocenters. The number of likely N-dealkylation sites (tertiary alicyclic amines) is 1. The molecule has 1 fully saturated rings. The molecule has 2 aromatic rings. The van der Waals surface area contributed by atoms with Crippen molar-refractivity contribution in [1.82, 2.24) is 9.88 Å². The van der Waals surface area contributed by atoms with Crippen molar-refractivity contribution in [3.05, 3.63) is 36.3 Å². The molecule has 2 heterocycles. The SMILES string of the molecule is CC(C)(C)OC(=O)N1CC[C@H](Nc2cccc3ncc(F)cc23)C1. The van der Waals surface area contributed by atoms with Crippen LogP contribution < -0.4 is 5.32 Å². The molecule has 1 aromatic heterocycles. The third-order valence-electron chi connectivity index (χ3n) is 3.89. The third-order valence-corrected chi connectivity index (χ3v) is 3.89. The molecule has 6 heteroatoms. The number of rotatable bonds is 2. The highest BCUT2D eigenvalue weighted by Crippen LogP contribution is 2.25. The predicted molar refractivity (Wildman–Crippen MR) is 91.5 cm³/mol. The summed E-state index contributed by atoms with van der Waals surface area (Å²) < 4.78 is 18.9. The molecule has 1 aliphatic heterocycles. The lowest BCUT2D eigenvalue weighted by molar-refractivity contribution is 0.0293. The van der Waals surface area contributed by atoms with Crippen LogP contribution in [0.1, 0.15) is 27.2 Å².